The van der Waals surface area contributed by atoms with Gasteiger partial charge in [0.2, 0.25) is 0 Å². The van der Waals surface area contributed by atoms with Gasteiger partial charge in [0.1, 0.15) is 25.1 Å². The maximum Gasteiger partial charge on any atom is 0.331 e. The lowest BCUT2D eigenvalue weighted by molar-refractivity contribution is -0.324. The number of esters is 2. The Hall–Kier alpha value is -1.89. The van der Waals surface area contributed by atoms with Gasteiger partial charge in [0, 0.05) is 39.1 Å². The number of hydrogen-bond acceptors (Lipinski definition) is 11. The van der Waals surface area contributed by atoms with Gasteiger partial charge in [-0.05, 0) is 81.6 Å². The van der Waals surface area contributed by atoms with Gasteiger partial charge < -0.3 is 43.4 Å². The number of hydrogen-bond donors (Lipinski definition) is 2. The smallest absolute Gasteiger partial charge is 0.331 e. The van der Waals surface area contributed by atoms with E-state index in [0.29, 0.717) is 38.5 Å². The number of methoxy groups -OCH3 is 2. The average Bonchev–Trinajstić information content (AvgIpc) is 3.52. The molecule has 0 spiro atoms. The molecule has 0 bridgehead atoms. The van der Waals surface area contributed by atoms with Crippen LogP contribution in [0.1, 0.15) is 78.6 Å². The summed E-state index contributed by atoms with van der Waals surface area (Å²) in [5.41, 5.74) is -2.75. The van der Waals surface area contributed by atoms with Crippen LogP contribution < -0.4 is 0 Å². The predicted molar refractivity (Wildman–Crippen MR) is 154 cm³/mol. The molecule has 0 unspecified atom stereocenters. The highest BCUT2D eigenvalue weighted by Crippen LogP contribution is 2.70. The molecule has 6 rings (SSSR count). The molecule has 1 saturated heterocycles. The molecule has 5 fully saturated rings. The van der Waals surface area contributed by atoms with Crippen molar-refractivity contribution in [1.29, 1.82) is 0 Å². The molecule has 0 aromatic carbocycles. The van der Waals surface area contributed by atoms with Gasteiger partial charge in [0.15, 0.2) is 12.4 Å². The van der Waals surface area contributed by atoms with Crippen LogP contribution in [-0.4, -0.2) is 97.3 Å². The van der Waals surface area contributed by atoms with E-state index in [2.05, 4.69) is 6.92 Å². The second kappa shape index (κ2) is 11.4. The quantitative estimate of drug-likeness (QED) is 0.246. The fourth-order valence-corrected chi connectivity index (χ4v) is 10.6. The number of aldehydes is 1. The highest BCUT2D eigenvalue weighted by Gasteiger charge is 2.71. The summed E-state index contributed by atoms with van der Waals surface area (Å²) in [5.74, 6) is -1.00. The van der Waals surface area contributed by atoms with E-state index in [4.69, 9.17) is 28.4 Å². The fraction of sp³-hybridized carbons (Fsp3) is 0.848. The van der Waals surface area contributed by atoms with Crippen molar-refractivity contribution >= 4 is 18.2 Å². The van der Waals surface area contributed by atoms with Crippen LogP contribution in [0.5, 0.6) is 0 Å². The molecule has 2 aliphatic heterocycles. The van der Waals surface area contributed by atoms with Gasteiger partial charge in [-0.15, -0.1) is 0 Å². The summed E-state index contributed by atoms with van der Waals surface area (Å²) in [6.07, 6.45) is 3.86. The molecule has 13 atom stereocenters. The maximum atomic E-state index is 13.2. The third kappa shape index (κ3) is 4.63. The van der Waals surface area contributed by atoms with Crippen LogP contribution in [0.2, 0.25) is 0 Å². The Balaban J connectivity index is 1.20. The standard InChI is InChI=1S/C33H48O11/c1-18-26(43-19(2)35)27(39-4)28(40-5)29(42-18)44-21-6-11-31(17-34)23-7-10-30(3)22(20-14-25(36)41-16-20)9-13-33(30,38)24(23)8-12-32(31,37)15-21/h14,17-18,21-24,26-29,37-38H,6-13,15-16H2,1-5H3/t18-,21+,22+,23-,24+,26-,27+,28-,29-,30-,31+,32-,33+/m1/s1. The van der Waals surface area contributed by atoms with Crippen molar-refractivity contribution in [3.63, 3.8) is 0 Å². The third-order valence-corrected chi connectivity index (χ3v) is 12.7. The predicted octanol–water partition coefficient (Wildman–Crippen LogP) is 2.63. The Kier molecular flexibility index (Phi) is 8.32. The molecule has 0 aromatic rings. The van der Waals surface area contributed by atoms with Gasteiger partial charge in [-0.2, -0.15) is 0 Å². The zero-order valence-corrected chi connectivity index (χ0v) is 26.5. The number of cyclic esters (lactones) is 1. The van der Waals surface area contributed by atoms with Crippen LogP contribution in [0.25, 0.3) is 0 Å². The zero-order chi connectivity index (χ0) is 31.7. The topological polar surface area (TPSA) is 147 Å². The first-order chi connectivity index (χ1) is 20.9. The van der Waals surface area contributed by atoms with E-state index in [-0.39, 0.29) is 36.8 Å². The van der Waals surface area contributed by atoms with Gasteiger partial charge in [0.05, 0.1) is 28.8 Å². The average molecular weight is 621 g/mol. The fourth-order valence-electron chi connectivity index (χ4n) is 10.6. The van der Waals surface area contributed by atoms with Crippen molar-refractivity contribution < 1.29 is 53.0 Å². The van der Waals surface area contributed by atoms with E-state index < -0.39 is 64.8 Å². The molecule has 0 aromatic heterocycles. The number of carbonyl (C=O) groups excluding carboxylic acids is 3. The molecule has 4 aliphatic carbocycles. The van der Waals surface area contributed by atoms with Gasteiger partial charge in [-0.1, -0.05) is 6.92 Å². The number of aliphatic hydroxyl groups is 2. The summed E-state index contributed by atoms with van der Waals surface area (Å²) in [5, 5.41) is 24.8. The van der Waals surface area contributed by atoms with Crippen molar-refractivity contribution in [2.75, 3.05) is 20.8 Å². The molecule has 6 aliphatic rings. The first-order valence-electron chi connectivity index (χ1n) is 16.2. The molecule has 44 heavy (non-hydrogen) atoms. The van der Waals surface area contributed by atoms with E-state index in [1.54, 1.807) is 13.0 Å². The lowest BCUT2D eigenvalue weighted by Crippen LogP contribution is -2.69. The minimum absolute atomic E-state index is 0.0556. The summed E-state index contributed by atoms with van der Waals surface area (Å²) < 4.78 is 34.7. The molecular formula is C33H48O11. The Morgan fingerprint density at radius 3 is 2.36 bits per heavy atom. The van der Waals surface area contributed by atoms with Crippen LogP contribution in [0.3, 0.4) is 0 Å². The number of carbonyl (C=O) groups is 3. The largest absolute Gasteiger partial charge is 0.458 e. The maximum absolute atomic E-state index is 13.2. The summed E-state index contributed by atoms with van der Waals surface area (Å²) in [4.78, 5) is 36.8. The van der Waals surface area contributed by atoms with E-state index in [9.17, 15) is 24.6 Å². The molecule has 11 nitrogen and oxygen atoms in total. The minimum atomic E-state index is -1.29. The second-order valence-corrected chi connectivity index (χ2v) is 14.4. The van der Waals surface area contributed by atoms with Crippen LogP contribution >= 0.6 is 0 Å². The van der Waals surface area contributed by atoms with E-state index >= 15 is 0 Å². The van der Waals surface area contributed by atoms with Gasteiger partial charge >= 0.3 is 11.9 Å². The Morgan fingerprint density at radius 2 is 1.73 bits per heavy atom. The van der Waals surface area contributed by atoms with Crippen molar-refractivity contribution in [3.8, 4) is 0 Å². The lowest BCUT2D eigenvalue weighted by Gasteiger charge is -2.65. The lowest BCUT2D eigenvalue weighted by atomic mass is 9.41. The van der Waals surface area contributed by atoms with Crippen LogP contribution in [0.4, 0.5) is 0 Å². The normalized spacial score (nSPS) is 50.1. The van der Waals surface area contributed by atoms with Crippen molar-refractivity contribution in [1.82, 2.24) is 0 Å². The molecule has 4 saturated carbocycles. The van der Waals surface area contributed by atoms with Crippen LogP contribution in [0, 0.1) is 28.6 Å². The first kappa shape index (κ1) is 32.1. The zero-order valence-electron chi connectivity index (χ0n) is 26.5. The van der Waals surface area contributed by atoms with Gasteiger partial charge in [-0.25, -0.2) is 4.79 Å². The van der Waals surface area contributed by atoms with E-state index in [0.717, 1.165) is 24.7 Å². The number of rotatable bonds is 7. The summed E-state index contributed by atoms with van der Waals surface area (Å²) >= 11 is 0. The van der Waals surface area contributed by atoms with Gasteiger partial charge in [-0.3, -0.25) is 4.79 Å². The van der Waals surface area contributed by atoms with Crippen molar-refractivity contribution in [2.45, 2.75) is 127 Å². The summed E-state index contributed by atoms with van der Waals surface area (Å²) in [6, 6.07) is 0. The number of ether oxygens (including phenoxy) is 6. The molecule has 0 radical (unpaired) electrons. The Morgan fingerprint density at radius 1 is 1.00 bits per heavy atom. The monoisotopic (exact) mass is 620 g/mol. The molecular weight excluding hydrogens is 572 g/mol. The molecule has 2 N–H and O–H groups in total. The van der Waals surface area contributed by atoms with Gasteiger partial charge in [0.25, 0.3) is 0 Å². The Labute approximate surface area is 258 Å². The second-order valence-electron chi connectivity index (χ2n) is 14.4. The highest BCUT2D eigenvalue weighted by atomic mass is 16.7. The van der Waals surface area contributed by atoms with E-state index in [1.807, 2.05) is 0 Å². The molecule has 0 amide bonds. The van der Waals surface area contributed by atoms with Crippen LogP contribution in [0.15, 0.2) is 11.6 Å². The third-order valence-electron chi connectivity index (χ3n) is 12.7. The molecule has 2 heterocycles. The SMILES string of the molecule is CO[C@@H]1[C@@H](OC)[C@@H](O[C@H]2CC[C@]3(C=O)[C@@H]4CC[C@]5(C)[C@H](C6=CC(=O)OC6)CC[C@]5(O)[C@H]4CC[C@@]3(O)C2)O[C@H](C)[C@H]1OC(C)=O. The Bertz CT molecular complexity index is 1190. The summed E-state index contributed by atoms with van der Waals surface area (Å²) in [6.45, 7) is 5.55. The number of fused-ring (bicyclic) bond motifs is 5. The van der Waals surface area contributed by atoms with Crippen molar-refractivity contribution in [3.05, 3.63) is 11.6 Å². The first-order valence-corrected chi connectivity index (χ1v) is 16.2. The van der Waals surface area contributed by atoms with E-state index in [1.165, 1.54) is 21.1 Å². The molecule has 246 valence electrons. The minimum Gasteiger partial charge on any atom is -0.458 e. The highest BCUT2D eigenvalue weighted by molar-refractivity contribution is 5.85. The van der Waals surface area contributed by atoms with Crippen LogP contribution in [-0.2, 0) is 42.8 Å². The molecule has 11 heteroatoms. The summed E-state index contributed by atoms with van der Waals surface area (Å²) in [7, 11) is 3.05. The van der Waals surface area contributed by atoms with Crippen molar-refractivity contribution in [2.24, 2.45) is 28.6 Å².